The molecule has 0 aliphatic rings. The van der Waals surface area contributed by atoms with Crippen molar-refractivity contribution in [3.8, 4) is 0 Å². The fraction of sp³-hybridized carbons (Fsp3) is 0.667. The van der Waals surface area contributed by atoms with Crippen LogP contribution in [0.25, 0.3) is 11.5 Å². The molecule has 0 bridgehead atoms. The Morgan fingerprint density at radius 1 is 1.22 bits per heavy atom. The van der Waals surface area contributed by atoms with Gasteiger partial charge in [0, 0.05) is 0 Å². The largest absolute Gasteiger partial charge is 2.00 e. The molecule has 0 rings (SSSR count). The third-order valence-corrected chi connectivity index (χ3v) is 0.125. The predicted molar refractivity (Wildman–Crippen MR) is 29.0 cm³/mol. The van der Waals surface area contributed by atoms with Gasteiger partial charge in [-0.25, -0.2) is 4.79 Å². The van der Waals surface area contributed by atoms with Crippen molar-refractivity contribution in [3.05, 3.63) is 11.5 Å². The molecule has 0 aromatic heterocycles. The number of rotatable bonds is 1. The molecular formula is C3H8CoN2O3. The van der Waals surface area contributed by atoms with Crippen LogP contribution in [0.2, 0.25) is 0 Å². The standard InChI is InChI=1S/C2H6N2.CH2O3.Co/c3-1-2-4;2-1(3)4;/h3-4H,1-2H2;(H2,2,3,4);/q-2;;+2. The quantitative estimate of drug-likeness (QED) is 0.633. The number of carboxylic acid groups (broad SMARTS) is 2. The van der Waals surface area contributed by atoms with Gasteiger partial charge in [0.1, 0.15) is 0 Å². The molecule has 0 atom stereocenters. The Balaban J connectivity index is -0.0000000720. The van der Waals surface area contributed by atoms with Gasteiger partial charge in [0.25, 0.3) is 0 Å². The summed E-state index contributed by atoms with van der Waals surface area (Å²) < 4.78 is 0. The van der Waals surface area contributed by atoms with E-state index in [1.54, 1.807) is 0 Å². The van der Waals surface area contributed by atoms with Crippen LogP contribution in [0.15, 0.2) is 0 Å². The van der Waals surface area contributed by atoms with Crippen LogP contribution < -0.4 is 0 Å². The van der Waals surface area contributed by atoms with Gasteiger partial charge in [0.05, 0.1) is 0 Å². The molecule has 0 fully saturated rings. The smallest absolute Gasteiger partial charge is 0.679 e. The first-order valence-electron chi connectivity index (χ1n) is 1.86. The third kappa shape index (κ3) is 515. The van der Waals surface area contributed by atoms with Crippen LogP contribution in [0.4, 0.5) is 4.79 Å². The summed E-state index contributed by atoms with van der Waals surface area (Å²) in [6.07, 6.45) is -1.83. The Labute approximate surface area is 63.2 Å². The topological polar surface area (TPSA) is 105 Å². The van der Waals surface area contributed by atoms with Crippen molar-refractivity contribution in [1.29, 1.82) is 0 Å². The number of nitrogens with one attached hydrogen (secondary N) is 2. The van der Waals surface area contributed by atoms with E-state index in [1.807, 2.05) is 0 Å². The molecule has 0 aromatic carbocycles. The zero-order chi connectivity index (χ0) is 6.99. The maximum Gasteiger partial charge on any atom is 2.00 e. The van der Waals surface area contributed by atoms with Gasteiger partial charge >= 0.3 is 22.9 Å². The summed E-state index contributed by atoms with van der Waals surface area (Å²) in [6, 6.07) is 0. The van der Waals surface area contributed by atoms with E-state index in [9.17, 15) is 0 Å². The Kier molecular flexibility index (Phi) is 27.6. The van der Waals surface area contributed by atoms with Crippen LogP contribution >= 0.6 is 0 Å². The summed E-state index contributed by atoms with van der Waals surface area (Å²) in [5.74, 6) is 0. The minimum Gasteiger partial charge on any atom is -0.679 e. The molecule has 0 aromatic rings. The zero-order valence-electron chi connectivity index (χ0n) is 4.55. The monoisotopic (exact) mass is 179 g/mol. The Hall–Kier alpha value is -0.304. The molecular weight excluding hydrogens is 171 g/mol. The van der Waals surface area contributed by atoms with Crippen molar-refractivity contribution in [1.82, 2.24) is 0 Å². The average molecular weight is 179 g/mol. The Morgan fingerprint density at radius 3 is 1.33 bits per heavy atom. The molecule has 9 heavy (non-hydrogen) atoms. The summed E-state index contributed by atoms with van der Waals surface area (Å²) in [6.45, 7) is 0.472. The van der Waals surface area contributed by atoms with Crippen molar-refractivity contribution in [3.63, 3.8) is 0 Å². The van der Waals surface area contributed by atoms with Crippen LogP contribution in [0, 0.1) is 0 Å². The number of hydrogen-bond acceptors (Lipinski definition) is 1. The number of carbonyl (C=O) groups is 1. The molecule has 4 N–H and O–H groups in total. The maximum atomic E-state index is 8.56. The van der Waals surface area contributed by atoms with Crippen LogP contribution in [-0.4, -0.2) is 29.5 Å². The molecule has 0 unspecified atom stereocenters. The zero-order valence-corrected chi connectivity index (χ0v) is 5.59. The first kappa shape index (κ1) is 15.9. The van der Waals surface area contributed by atoms with Crippen molar-refractivity contribution in [2.45, 2.75) is 0 Å². The van der Waals surface area contributed by atoms with Gasteiger partial charge in [0.15, 0.2) is 0 Å². The van der Waals surface area contributed by atoms with Gasteiger partial charge in [-0.3, -0.25) is 0 Å². The molecule has 0 aliphatic heterocycles. The summed E-state index contributed by atoms with van der Waals surface area (Å²) in [7, 11) is 0. The second-order valence-electron chi connectivity index (χ2n) is 0.783. The van der Waals surface area contributed by atoms with E-state index < -0.39 is 6.16 Å². The predicted octanol–water partition coefficient (Wildman–Crippen LogP) is 1.31. The average Bonchev–Trinajstić information content (AvgIpc) is 1.65. The Bertz CT molecular complexity index is 55.0. The van der Waals surface area contributed by atoms with Gasteiger partial charge in [0.2, 0.25) is 0 Å². The van der Waals surface area contributed by atoms with Crippen LogP contribution in [-0.2, 0) is 16.8 Å². The van der Waals surface area contributed by atoms with Crippen molar-refractivity contribution < 1.29 is 31.8 Å². The molecule has 0 spiro atoms. The molecule has 0 heterocycles. The maximum absolute atomic E-state index is 8.56. The van der Waals surface area contributed by atoms with Gasteiger partial charge in [-0.1, -0.05) is 0 Å². The first-order valence-corrected chi connectivity index (χ1v) is 1.86. The molecule has 0 aliphatic carbocycles. The normalized spacial score (nSPS) is 6.00. The molecule has 6 heteroatoms. The molecule has 1 radical (unpaired) electrons. The van der Waals surface area contributed by atoms with Crippen LogP contribution in [0.5, 0.6) is 0 Å². The molecule has 5 nitrogen and oxygen atoms in total. The van der Waals surface area contributed by atoms with Gasteiger partial charge in [-0.2, -0.15) is 13.1 Å². The molecule has 0 amide bonds. The van der Waals surface area contributed by atoms with Crippen LogP contribution in [0.3, 0.4) is 0 Å². The summed E-state index contributed by atoms with van der Waals surface area (Å²) in [5.41, 5.74) is 12.5. The van der Waals surface area contributed by atoms with E-state index in [1.165, 1.54) is 0 Å². The molecule has 0 saturated heterocycles. The van der Waals surface area contributed by atoms with Crippen molar-refractivity contribution in [2.75, 3.05) is 13.1 Å². The summed E-state index contributed by atoms with van der Waals surface area (Å²) in [4.78, 5) is 8.56. The third-order valence-electron chi connectivity index (χ3n) is 0.125. The van der Waals surface area contributed by atoms with E-state index >= 15 is 0 Å². The number of hydrogen-bond donors (Lipinski definition) is 2. The van der Waals surface area contributed by atoms with E-state index in [-0.39, 0.29) is 29.9 Å². The van der Waals surface area contributed by atoms with E-state index in [0.29, 0.717) is 0 Å². The summed E-state index contributed by atoms with van der Waals surface area (Å²) in [5, 5.41) is 13.9. The molecule has 0 saturated carbocycles. The minimum atomic E-state index is -1.83. The van der Waals surface area contributed by atoms with E-state index in [0.717, 1.165) is 0 Å². The Morgan fingerprint density at radius 2 is 1.33 bits per heavy atom. The first-order chi connectivity index (χ1) is 3.65. The minimum absolute atomic E-state index is 0. The van der Waals surface area contributed by atoms with E-state index in [2.05, 4.69) is 0 Å². The van der Waals surface area contributed by atoms with Gasteiger partial charge in [-0.15, -0.1) is 0 Å². The van der Waals surface area contributed by atoms with Gasteiger partial charge in [-0.05, 0) is 0 Å². The van der Waals surface area contributed by atoms with Crippen molar-refractivity contribution >= 4 is 6.16 Å². The summed E-state index contributed by atoms with van der Waals surface area (Å²) >= 11 is 0. The second-order valence-corrected chi connectivity index (χ2v) is 0.783. The van der Waals surface area contributed by atoms with E-state index in [4.69, 9.17) is 26.5 Å². The van der Waals surface area contributed by atoms with Gasteiger partial charge < -0.3 is 21.7 Å². The SMILES string of the molecule is O=C(O)O.[Co+2].[NH-]CC[NH-]. The molecule has 57 valence electrons. The van der Waals surface area contributed by atoms with Crippen LogP contribution in [0.1, 0.15) is 0 Å². The van der Waals surface area contributed by atoms with Crippen molar-refractivity contribution in [2.24, 2.45) is 0 Å². The second kappa shape index (κ2) is 15.6. The fourth-order valence-corrected chi connectivity index (χ4v) is 0. The fourth-order valence-electron chi connectivity index (χ4n) is 0.